The van der Waals surface area contributed by atoms with Crippen LogP contribution in [0, 0.1) is 0 Å². The lowest BCUT2D eigenvalue weighted by atomic mass is 10.1. The first-order chi connectivity index (χ1) is 9.70. The van der Waals surface area contributed by atoms with E-state index in [9.17, 15) is 9.59 Å². The molecule has 104 valence electrons. The lowest BCUT2D eigenvalue weighted by Gasteiger charge is -2.09. The highest BCUT2D eigenvalue weighted by molar-refractivity contribution is 6.01. The van der Waals surface area contributed by atoms with Gasteiger partial charge in [0.25, 0.3) is 0 Å². The van der Waals surface area contributed by atoms with Crippen LogP contribution in [-0.2, 0) is 16.1 Å². The van der Waals surface area contributed by atoms with Crippen molar-refractivity contribution in [3.8, 4) is 0 Å². The third kappa shape index (κ3) is 3.41. The number of methoxy groups -OCH3 is 1. The maximum absolute atomic E-state index is 11.8. The molecule has 0 spiro atoms. The topological polar surface area (TPSA) is 86.1 Å². The molecule has 0 fully saturated rings. The van der Waals surface area contributed by atoms with Crippen molar-refractivity contribution in [2.75, 3.05) is 12.4 Å². The smallest absolute Gasteiger partial charge is 0.339 e. The molecule has 2 rings (SSSR count). The Labute approximate surface area is 115 Å². The summed E-state index contributed by atoms with van der Waals surface area (Å²) in [6.45, 7) is 0.423. The Morgan fingerprint density at radius 3 is 2.85 bits per heavy atom. The van der Waals surface area contributed by atoms with Crippen molar-refractivity contribution < 1.29 is 14.3 Å². The van der Waals surface area contributed by atoms with Crippen LogP contribution >= 0.6 is 0 Å². The molecule has 0 aliphatic heterocycles. The minimum absolute atomic E-state index is 0.211. The molecule has 0 unspecified atom stereocenters. The minimum Gasteiger partial charge on any atom is -0.465 e. The second kappa shape index (κ2) is 6.46. The Balaban J connectivity index is 1.99. The molecule has 0 atom stereocenters. The van der Waals surface area contributed by atoms with Crippen molar-refractivity contribution in [2.45, 2.75) is 13.0 Å². The molecule has 0 bridgehead atoms. The fourth-order valence-electron chi connectivity index (χ4n) is 1.66. The monoisotopic (exact) mass is 274 g/mol. The van der Waals surface area contributed by atoms with E-state index in [4.69, 9.17) is 0 Å². The predicted octanol–water partition coefficient (Wildman–Crippen LogP) is 1.09. The Bertz CT molecular complexity index is 595. The first-order valence-corrected chi connectivity index (χ1v) is 6.00. The number of hydrogen-bond donors (Lipinski definition) is 1. The lowest BCUT2D eigenvalue weighted by Crippen LogP contribution is -2.17. The van der Waals surface area contributed by atoms with Gasteiger partial charge in [0.15, 0.2) is 0 Å². The first kappa shape index (κ1) is 13.7. The van der Waals surface area contributed by atoms with Crippen LogP contribution in [0.5, 0.6) is 0 Å². The van der Waals surface area contributed by atoms with Gasteiger partial charge in [-0.3, -0.25) is 9.48 Å². The van der Waals surface area contributed by atoms with E-state index >= 15 is 0 Å². The van der Waals surface area contributed by atoms with Gasteiger partial charge in [0.05, 0.1) is 24.9 Å². The van der Waals surface area contributed by atoms with Gasteiger partial charge in [0, 0.05) is 6.42 Å². The van der Waals surface area contributed by atoms with Crippen molar-refractivity contribution in [1.82, 2.24) is 14.8 Å². The van der Waals surface area contributed by atoms with E-state index in [1.54, 1.807) is 28.9 Å². The zero-order valence-corrected chi connectivity index (χ0v) is 10.9. The van der Waals surface area contributed by atoms with E-state index in [0.29, 0.717) is 17.8 Å². The van der Waals surface area contributed by atoms with Crippen molar-refractivity contribution in [3.05, 3.63) is 42.5 Å². The van der Waals surface area contributed by atoms with Crippen LogP contribution in [-0.4, -0.2) is 33.8 Å². The summed E-state index contributed by atoms with van der Waals surface area (Å²) in [5, 5.41) is 6.59. The van der Waals surface area contributed by atoms with Gasteiger partial charge in [-0.25, -0.2) is 9.78 Å². The third-order valence-corrected chi connectivity index (χ3v) is 2.64. The van der Waals surface area contributed by atoms with Crippen LogP contribution in [0.4, 0.5) is 5.69 Å². The molecule has 7 nitrogen and oxygen atoms in total. The number of benzene rings is 1. The summed E-state index contributed by atoms with van der Waals surface area (Å²) in [6.07, 6.45) is 3.18. The van der Waals surface area contributed by atoms with Crippen molar-refractivity contribution in [3.63, 3.8) is 0 Å². The summed E-state index contributed by atoms with van der Waals surface area (Å²) in [5.41, 5.74) is 0.757. The van der Waals surface area contributed by atoms with E-state index in [1.165, 1.54) is 19.8 Å². The molecular weight excluding hydrogens is 260 g/mol. The molecule has 0 aliphatic rings. The highest BCUT2D eigenvalue weighted by Crippen LogP contribution is 2.16. The molecule has 0 saturated heterocycles. The van der Waals surface area contributed by atoms with Crippen LogP contribution in [0.25, 0.3) is 0 Å². The number of esters is 1. The van der Waals surface area contributed by atoms with Gasteiger partial charge < -0.3 is 10.1 Å². The second-order valence-corrected chi connectivity index (χ2v) is 3.99. The van der Waals surface area contributed by atoms with Crippen LogP contribution in [0.2, 0.25) is 0 Å². The standard InChI is InChI=1S/C13H14N4O3/c1-20-13(19)10-4-2-3-5-11(10)16-12(18)6-7-17-9-14-8-15-17/h2-5,8-9H,6-7H2,1H3,(H,16,18). The summed E-state index contributed by atoms with van der Waals surface area (Å²) in [6, 6.07) is 6.69. The summed E-state index contributed by atoms with van der Waals surface area (Å²) in [4.78, 5) is 27.2. The summed E-state index contributed by atoms with van der Waals surface area (Å²) >= 11 is 0. The van der Waals surface area contributed by atoms with Gasteiger partial charge in [0.1, 0.15) is 12.7 Å². The quantitative estimate of drug-likeness (QED) is 0.825. The molecule has 1 amide bonds. The molecule has 0 aliphatic carbocycles. The molecule has 7 heteroatoms. The van der Waals surface area contributed by atoms with Gasteiger partial charge in [-0.15, -0.1) is 0 Å². The number of aromatic nitrogens is 3. The average Bonchev–Trinajstić information content (AvgIpc) is 2.98. The summed E-state index contributed by atoms with van der Waals surface area (Å²) in [5.74, 6) is -0.700. The highest BCUT2D eigenvalue weighted by Gasteiger charge is 2.13. The van der Waals surface area contributed by atoms with Crippen molar-refractivity contribution in [2.24, 2.45) is 0 Å². The number of ether oxygens (including phenoxy) is 1. The summed E-state index contributed by atoms with van der Waals surface area (Å²) in [7, 11) is 1.30. The van der Waals surface area contributed by atoms with Crippen LogP contribution < -0.4 is 5.32 Å². The largest absolute Gasteiger partial charge is 0.465 e. The Hall–Kier alpha value is -2.70. The maximum atomic E-state index is 11.8. The van der Waals surface area contributed by atoms with Gasteiger partial charge >= 0.3 is 5.97 Å². The molecular formula is C13H14N4O3. The molecule has 1 heterocycles. The van der Waals surface area contributed by atoms with E-state index in [1.807, 2.05) is 0 Å². The highest BCUT2D eigenvalue weighted by atomic mass is 16.5. The molecule has 20 heavy (non-hydrogen) atoms. The van der Waals surface area contributed by atoms with E-state index < -0.39 is 5.97 Å². The third-order valence-electron chi connectivity index (χ3n) is 2.64. The number of para-hydroxylation sites is 1. The zero-order chi connectivity index (χ0) is 14.4. The molecule has 0 saturated carbocycles. The van der Waals surface area contributed by atoms with Crippen molar-refractivity contribution in [1.29, 1.82) is 0 Å². The SMILES string of the molecule is COC(=O)c1ccccc1NC(=O)CCn1cncn1. The van der Waals surface area contributed by atoms with Gasteiger partial charge in [-0.1, -0.05) is 12.1 Å². The summed E-state index contributed by atoms with van der Waals surface area (Å²) < 4.78 is 6.23. The number of nitrogens with zero attached hydrogens (tertiary/aromatic N) is 3. The number of carbonyl (C=O) groups is 2. The number of anilines is 1. The van der Waals surface area contributed by atoms with E-state index in [-0.39, 0.29) is 12.3 Å². The molecule has 2 aromatic rings. The number of hydrogen-bond acceptors (Lipinski definition) is 5. The fraction of sp³-hybridized carbons (Fsp3) is 0.231. The second-order valence-electron chi connectivity index (χ2n) is 3.99. The van der Waals surface area contributed by atoms with Gasteiger partial charge in [0.2, 0.25) is 5.91 Å². The van der Waals surface area contributed by atoms with E-state index in [0.717, 1.165) is 0 Å². The normalized spacial score (nSPS) is 10.1. The average molecular weight is 274 g/mol. The Morgan fingerprint density at radius 1 is 1.35 bits per heavy atom. The van der Waals surface area contributed by atoms with Crippen LogP contribution in [0.3, 0.4) is 0 Å². The zero-order valence-electron chi connectivity index (χ0n) is 10.9. The number of nitrogens with one attached hydrogen (secondary N) is 1. The molecule has 1 aromatic carbocycles. The lowest BCUT2D eigenvalue weighted by molar-refractivity contribution is -0.116. The predicted molar refractivity (Wildman–Crippen MR) is 71.1 cm³/mol. The Morgan fingerprint density at radius 2 is 2.15 bits per heavy atom. The Kier molecular flexibility index (Phi) is 4.43. The van der Waals surface area contributed by atoms with Crippen LogP contribution in [0.15, 0.2) is 36.9 Å². The van der Waals surface area contributed by atoms with Crippen LogP contribution in [0.1, 0.15) is 16.8 Å². The number of carbonyl (C=O) groups excluding carboxylic acids is 2. The number of rotatable bonds is 5. The minimum atomic E-state index is -0.489. The number of aryl methyl sites for hydroxylation is 1. The van der Waals surface area contributed by atoms with Gasteiger partial charge in [-0.05, 0) is 12.1 Å². The molecule has 1 N–H and O–H groups in total. The number of amides is 1. The first-order valence-electron chi connectivity index (χ1n) is 6.00. The maximum Gasteiger partial charge on any atom is 0.339 e. The van der Waals surface area contributed by atoms with Gasteiger partial charge in [-0.2, -0.15) is 5.10 Å². The molecule has 1 aromatic heterocycles. The van der Waals surface area contributed by atoms with E-state index in [2.05, 4.69) is 20.1 Å². The fourth-order valence-corrected chi connectivity index (χ4v) is 1.66. The van der Waals surface area contributed by atoms with Crippen molar-refractivity contribution >= 4 is 17.6 Å². The molecule has 0 radical (unpaired) electrons.